The molecule has 6 nitrogen and oxygen atoms in total. The maximum absolute atomic E-state index is 13.8. The molecule has 1 atom stereocenters. The van der Waals surface area contributed by atoms with Gasteiger partial charge >= 0.3 is 0 Å². The first kappa shape index (κ1) is 26.3. The normalized spacial score (nSPS) is 16.8. The monoisotopic (exact) mass is 569 g/mol. The van der Waals surface area contributed by atoms with E-state index < -0.39 is 10.8 Å². The number of piperazine rings is 1. The van der Waals surface area contributed by atoms with Gasteiger partial charge in [0.15, 0.2) is 0 Å². The molecule has 2 amide bonds. The maximum atomic E-state index is 13.8. The number of halogens is 1. The first-order valence-electron chi connectivity index (χ1n) is 13.2. The molecule has 40 heavy (non-hydrogen) atoms. The number of nitrogens with zero attached hydrogens (tertiary/aromatic N) is 3. The third-order valence-electron chi connectivity index (χ3n) is 7.52. The van der Waals surface area contributed by atoms with Crippen LogP contribution < -0.4 is 9.80 Å². The molecule has 0 unspecified atom stereocenters. The average Bonchev–Trinajstić information content (AvgIpc) is 3.08. The fourth-order valence-corrected chi connectivity index (χ4v) is 6.89. The first-order chi connectivity index (χ1) is 19.4. The number of carbonyl (C=O) groups is 2. The summed E-state index contributed by atoms with van der Waals surface area (Å²) >= 11 is 6.24. The SMILES string of the molecule is Cc1ccc(Cl)cc1N1CCN(C(=O)c2ccc3c(c2)N(Cc2ccccc2)C(=O)c2ccccc2[S@@]3=O)CC1. The average molecular weight is 570 g/mol. The number of anilines is 2. The number of hydrogen-bond acceptors (Lipinski definition) is 4. The zero-order chi connectivity index (χ0) is 27.8. The minimum atomic E-state index is -1.57. The summed E-state index contributed by atoms with van der Waals surface area (Å²) < 4.78 is 13.7. The van der Waals surface area contributed by atoms with Crippen molar-refractivity contribution >= 4 is 45.6 Å². The van der Waals surface area contributed by atoms with Crippen LogP contribution in [0.4, 0.5) is 11.4 Å². The van der Waals surface area contributed by atoms with Gasteiger partial charge in [-0.2, -0.15) is 0 Å². The molecule has 2 aliphatic rings. The summed E-state index contributed by atoms with van der Waals surface area (Å²) in [4.78, 5) is 34.3. The van der Waals surface area contributed by atoms with Crippen molar-refractivity contribution in [2.45, 2.75) is 23.3 Å². The van der Waals surface area contributed by atoms with Gasteiger partial charge in [0.1, 0.15) is 0 Å². The van der Waals surface area contributed by atoms with Gasteiger partial charge in [0.25, 0.3) is 11.8 Å². The lowest BCUT2D eigenvalue weighted by Crippen LogP contribution is -2.49. The number of hydrogen-bond donors (Lipinski definition) is 0. The fourth-order valence-electron chi connectivity index (χ4n) is 5.38. The second-order valence-electron chi connectivity index (χ2n) is 10.0. The topological polar surface area (TPSA) is 60.9 Å². The van der Waals surface area contributed by atoms with Gasteiger partial charge in [-0.05, 0) is 60.5 Å². The van der Waals surface area contributed by atoms with Gasteiger partial charge in [0, 0.05) is 42.5 Å². The van der Waals surface area contributed by atoms with E-state index in [4.69, 9.17) is 11.6 Å². The molecule has 6 rings (SSSR count). The molecule has 0 bridgehead atoms. The largest absolute Gasteiger partial charge is 0.368 e. The highest BCUT2D eigenvalue weighted by molar-refractivity contribution is 7.85. The maximum Gasteiger partial charge on any atom is 0.259 e. The van der Waals surface area contributed by atoms with Crippen LogP contribution >= 0.6 is 11.6 Å². The van der Waals surface area contributed by atoms with Crippen molar-refractivity contribution in [3.63, 3.8) is 0 Å². The lowest BCUT2D eigenvalue weighted by molar-refractivity contribution is 0.0746. The van der Waals surface area contributed by atoms with Gasteiger partial charge in [-0.25, -0.2) is 4.21 Å². The summed E-state index contributed by atoms with van der Waals surface area (Å²) in [7, 11) is -1.57. The van der Waals surface area contributed by atoms with Crippen LogP contribution in [-0.2, 0) is 17.3 Å². The fraction of sp³-hybridized carbons (Fsp3) is 0.188. The molecule has 0 spiro atoms. The summed E-state index contributed by atoms with van der Waals surface area (Å²) in [5.41, 5.74) is 4.56. The Kier molecular flexibility index (Phi) is 7.17. The van der Waals surface area contributed by atoms with Crippen LogP contribution in [0.15, 0.2) is 101 Å². The first-order valence-corrected chi connectivity index (χ1v) is 14.7. The predicted molar refractivity (Wildman–Crippen MR) is 159 cm³/mol. The molecule has 202 valence electrons. The van der Waals surface area contributed by atoms with Crippen molar-refractivity contribution in [3.8, 4) is 0 Å². The second-order valence-corrected chi connectivity index (χ2v) is 11.9. The Hall–Kier alpha value is -3.94. The highest BCUT2D eigenvalue weighted by atomic mass is 35.5. The lowest BCUT2D eigenvalue weighted by atomic mass is 10.1. The van der Waals surface area contributed by atoms with E-state index in [9.17, 15) is 13.8 Å². The van der Waals surface area contributed by atoms with Crippen LogP contribution in [0.25, 0.3) is 0 Å². The summed E-state index contributed by atoms with van der Waals surface area (Å²) in [5.74, 6) is -0.341. The van der Waals surface area contributed by atoms with Crippen LogP contribution in [0.5, 0.6) is 0 Å². The van der Waals surface area contributed by atoms with E-state index in [0.29, 0.717) is 64.4 Å². The summed E-state index contributed by atoms with van der Waals surface area (Å²) in [6.07, 6.45) is 0. The molecule has 8 heteroatoms. The van der Waals surface area contributed by atoms with Gasteiger partial charge in [-0.15, -0.1) is 0 Å². The highest BCUT2D eigenvalue weighted by Crippen LogP contribution is 2.36. The molecule has 2 aliphatic heterocycles. The van der Waals surface area contributed by atoms with Crippen molar-refractivity contribution in [3.05, 3.63) is 118 Å². The Balaban J connectivity index is 1.31. The molecule has 0 N–H and O–H groups in total. The van der Waals surface area contributed by atoms with Crippen molar-refractivity contribution < 1.29 is 13.8 Å². The summed E-state index contributed by atoms with van der Waals surface area (Å²) in [6, 6.07) is 27.8. The van der Waals surface area contributed by atoms with Gasteiger partial charge in [-0.3, -0.25) is 9.59 Å². The lowest BCUT2D eigenvalue weighted by Gasteiger charge is -2.37. The highest BCUT2D eigenvalue weighted by Gasteiger charge is 2.32. The molecule has 4 aromatic carbocycles. The van der Waals surface area contributed by atoms with Gasteiger partial charge < -0.3 is 14.7 Å². The molecule has 0 radical (unpaired) electrons. The summed E-state index contributed by atoms with van der Waals surface area (Å²) in [6.45, 7) is 4.86. The minimum absolute atomic E-state index is 0.107. The molecule has 0 aromatic heterocycles. The van der Waals surface area contributed by atoms with E-state index in [1.807, 2.05) is 53.4 Å². The van der Waals surface area contributed by atoms with E-state index in [-0.39, 0.29) is 11.8 Å². The van der Waals surface area contributed by atoms with E-state index in [1.54, 1.807) is 47.4 Å². The predicted octanol–water partition coefficient (Wildman–Crippen LogP) is 5.94. The molecular formula is C32H28ClN3O3S. The quantitative estimate of drug-likeness (QED) is 0.305. The Morgan fingerprint density at radius 2 is 1.55 bits per heavy atom. The third-order valence-corrected chi connectivity index (χ3v) is 9.26. The molecule has 2 heterocycles. The van der Waals surface area contributed by atoms with Crippen LogP contribution in [0.1, 0.15) is 31.8 Å². The number of rotatable bonds is 4. The Labute approximate surface area is 241 Å². The van der Waals surface area contributed by atoms with Crippen molar-refractivity contribution in [1.29, 1.82) is 0 Å². The number of fused-ring (bicyclic) bond motifs is 2. The van der Waals surface area contributed by atoms with Crippen molar-refractivity contribution in [2.24, 2.45) is 0 Å². The van der Waals surface area contributed by atoms with E-state index in [1.165, 1.54) is 0 Å². The Morgan fingerprint density at radius 3 is 2.33 bits per heavy atom. The molecule has 4 aromatic rings. The number of carbonyl (C=O) groups excluding carboxylic acids is 2. The molecular weight excluding hydrogens is 542 g/mol. The van der Waals surface area contributed by atoms with Gasteiger partial charge in [-0.1, -0.05) is 60.1 Å². The molecule has 0 saturated carbocycles. The third kappa shape index (κ3) is 4.91. The molecule has 1 fully saturated rings. The minimum Gasteiger partial charge on any atom is -0.368 e. The van der Waals surface area contributed by atoms with Crippen LogP contribution in [0, 0.1) is 6.92 Å². The standard InChI is InChI=1S/C32H28ClN3O3S/c1-22-11-13-25(33)20-27(22)34-15-17-35(18-16-34)31(37)24-12-14-30-28(19-24)36(21-23-7-3-2-4-8-23)32(38)26-9-5-6-10-29(26)40(30)39/h2-14,19-20H,15-18,21H2,1H3/t40-/m0/s1. The zero-order valence-electron chi connectivity index (χ0n) is 22.0. The molecule has 1 saturated heterocycles. The number of amides is 2. The van der Waals surface area contributed by atoms with Crippen LogP contribution in [-0.4, -0.2) is 47.1 Å². The zero-order valence-corrected chi connectivity index (χ0v) is 23.6. The van der Waals surface area contributed by atoms with Crippen LogP contribution in [0.3, 0.4) is 0 Å². The van der Waals surface area contributed by atoms with Crippen molar-refractivity contribution in [2.75, 3.05) is 36.0 Å². The number of aryl methyl sites for hydroxylation is 1. The Bertz CT molecular complexity index is 1630. The second kappa shape index (κ2) is 10.9. The smallest absolute Gasteiger partial charge is 0.259 e. The Morgan fingerprint density at radius 1 is 0.825 bits per heavy atom. The van der Waals surface area contributed by atoms with Crippen molar-refractivity contribution in [1.82, 2.24) is 4.90 Å². The van der Waals surface area contributed by atoms with Crippen LogP contribution in [0.2, 0.25) is 5.02 Å². The number of benzene rings is 4. The molecule has 0 aliphatic carbocycles. The summed E-state index contributed by atoms with van der Waals surface area (Å²) in [5, 5.41) is 0.693. The van der Waals surface area contributed by atoms with E-state index >= 15 is 0 Å². The van der Waals surface area contributed by atoms with E-state index in [0.717, 1.165) is 16.8 Å². The van der Waals surface area contributed by atoms with Gasteiger partial charge in [0.2, 0.25) is 0 Å². The van der Waals surface area contributed by atoms with E-state index in [2.05, 4.69) is 11.8 Å². The van der Waals surface area contributed by atoms with Gasteiger partial charge in [0.05, 0.1) is 38.4 Å².